The molecule has 0 bridgehead atoms. The summed E-state index contributed by atoms with van der Waals surface area (Å²) in [6.45, 7) is 5.66. The van der Waals surface area contributed by atoms with E-state index in [0.717, 1.165) is 12.8 Å². The average molecular weight is 291 g/mol. The molecule has 0 saturated carbocycles. The third kappa shape index (κ3) is 5.32. The summed E-state index contributed by atoms with van der Waals surface area (Å²) in [5.74, 6) is -1.66. The van der Waals surface area contributed by atoms with Gasteiger partial charge in [0.05, 0.1) is 12.6 Å². The first-order valence-corrected chi connectivity index (χ1v) is 6.69. The number of carboxylic acids is 1. The molecule has 1 N–H and O–H groups in total. The van der Waals surface area contributed by atoms with Gasteiger partial charge in [-0.25, -0.2) is 14.0 Å². The van der Waals surface area contributed by atoms with Crippen LogP contribution in [0.25, 0.3) is 0 Å². The summed E-state index contributed by atoms with van der Waals surface area (Å²) in [5.41, 5.74) is -0.608. The van der Waals surface area contributed by atoms with Crippen LogP contribution in [0.5, 0.6) is 0 Å². The Labute approximate surface area is 117 Å². The van der Waals surface area contributed by atoms with Crippen LogP contribution in [-0.2, 0) is 14.3 Å². The van der Waals surface area contributed by atoms with Crippen molar-refractivity contribution in [3.8, 4) is 0 Å². The molecule has 1 rings (SSSR count). The van der Waals surface area contributed by atoms with Crippen molar-refractivity contribution in [3.05, 3.63) is 0 Å². The maximum Gasteiger partial charge on any atom is 0.410 e. The number of carbonyl (C=O) groups is 2. The number of alkyl halides is 1. The molecule has 1 aliphatic heterocycles. The molecule has 0 spiro atoms. The fraction of sp³-hybridized carbons (Fsp3) is 0.846. The molecule has 116 valence electrons. The zero-order chi connectivity index (χ0) is 15.3. The van der Waals surface area contributed by atoms with Crippen molar-refractivity contribution in [1.29, 1.82) is 0 Å². The van der Waals surface area contributed by atoms with Gasteiger partial charge >= 0.3 is 12.1 Å². The van der Waals surface area contributed by atoms with E-state index in [4.69, 9.17) is 9.84 Å². The normalized spacial score (nSPS) is 21.4. The van der Waals surface area contributed by atoms with E-state index in [-0.39, 0.29) is 12.6 Å². The number of nitrogens with zero attached hydrogens (tertiary/aromatic N) is 1. The molecule has 2 unspecified atom stereocenters. The molecule has 1 fully saturated rings. The predicted molar refractivity (Wildman–Crippen MR) is 69.1 cm³/mol. The standard InChI is InChI=1S/C13H22FNO5/c1-13(2,3)20-12(18)15-7-5-4-6-9(15)8-19-10(14)11(16)17/h9-10H,4-8H2,1-3H3,(H,16,17). The summed E-state index contributed by atoms with van der Waals surface area (Å²) in [6.07, 6.45) is -0.467. The molecule has 0 aliphatic carbocycles. The molecule has 0 radical (unpaired) electrons. The van der Waals surface area contributed by atoms with Crippen molar-refractivity contribution in [1.82, 2.24) is 4.90 Å². The molecule has 0 aromatic rings. The number of carbonyl (C=O) groups excluding carboxylic acids is 1. The molecular weight excluding hydrogens is 269 g/mol. The van der Waals surface area contributed by atoms with Crippen LogP contribution in [0.2, 0.25) is 0 Å². The molecule has 2 atom stereocenters. The Morgan fingerprint density at radius 3 is 2.60 bits per heavy atom. The highest BCUT2D eigenvalue weighted by atomic mass is 19.1. The topological polar surface area (TPSA) is 76.1 Å². The quantitative estimate of drug-likeness (QED) is 0.859. The molecule has 6 nitrogen and oxygen atoms in total. The lowest BCUT2D eigenvalue weighted by molar-refractivity contribution is -0.165. The Kier molecular flexibility index (Phi) is 5.74. The van der Waals surface area contributed by atoms with Crippen molar-refractivity contribution < 1.29 is 28.6 Å². The van der Waals surface area contributed by atoms with Gasteiger partial charge < -0.3 is 19.5 Å². The largest absolute Gasteiger partial charge is 0.477 e. The van der Waals surface area contributed by atoms with Gasteiger partial charge in [0.25, 0.3) is 6.36 Å². The van der Waals surface area contributed by atoms with Gasteiger partial charge in [-0.15, -0.1) is 0 Å². The van der Waals surface area contributed by atoms with Crippen LogP contribution in [0, 0.1) is 0 Å². The fourth-order valence-corrected chi connectivity index (χ4v) is 2.00. The van der Waals surface area contributed by atoms with Crippen LogP contribution in [0.1, 0.15) is 40.0 Å². The van der Waals surface area contributed by atoms with Crippen molar-refractivity contribution in [2.45, 2.75) is 58.0 Å². The van der Waals surface area contributed by atoms with Gasteiger partial charge in [0.1, 0.15) is 5.60 Å². The minimum atomic E-state index is -2.36. The summed E-state index contributed by atoms with van der Waals surface area (Å²) in [7, 11) is 0. The minimum absolute atomic E-state index is 0.146. The van der Waals surface area contributed by atoms with Gasteiger partial charge in [-0.05, 0) is 40.0 Å². The number of amides is 1. The lowest BCUT2D eigenvalue weighted by Crippen LogP contribution is -2.48. The van der Waals surface area contributed by atoms with E-state index >= 15 is 0 Å². The van der Waals surface area contributed by atoms with Crippen LogP contribution >= 0.6 is 0 Å². The maximum absolute atomic E-state index is 12.9. The number of ether oxygens (including phenoxy) is 2. The van der Waals surface area contributed by atoms with Gasteiger partial charge in [-0.2, -0.15) is 0 Å². The number of likely N-dealkylation sites (tertiary alicyclic amines) is 1. The number of rotatable bonds is 4. The summed E-state index contributed by atoms with van der Waals surface area (Å²) in [6, 6.07) is -0.351. The van der Waals surface area contributed by atoms with Crippen LogP contribution < -0.4 is 0 Å². The lowest BCUT2D eigenvalue weighted by Gasteiger charge is -2.36. The second-order valence-electron chi connectivity index (χ2n) is 5.81. The molecule has 1 amide bonds. The Morgan fingerprint density at radius 2 is 2.05 bits per heavy atom. The third-order valence-electron chi connectivity index (χ3n) is 2.88. The highest BCUT2D eigenvalue weighted by Gasteiger charge is 2.31. The van der Waals surface area contributed by atoms with Crippen molar-refractivity contribution in [2.24, 2.45) is 0 Å². The Morgan fingerprint density at radius 1 is 1.40 bits per heavy atom. The summed E-state index contributed by atoms with van der Waals surface area (Å²) in [5, 5.41) is 8.43. The zero-order valence-corrected chi connectivity index (χ0v) is 12.1. The number of carboxylic acid groups (broad SMARTS) is 1. The first-order chi connectivity index (χ1) is 9.20. The number of hydrogen-bond donors (Lipinski definition) is 1. The number of halogens is 1. The van der Waals surface area contributed by atoms with E-state index in [1.54, 1.807) is 20.8 Å². The third-order valence-corrected chi connectivity index (χ3v) is 2.88. The smallest absolute Gasteiger partial charge is 0.410 e. The maximum atomic E-state index is 12.9. The predicted octanol–water partition coefficient (Wildman–Crippen LogP) is 2.17. The van der Waals surface area contributed by atoms with E-state index in [0.29, 0.717) is 13.0 Å². The minimum Gasteiger partial charge on any atom is -0.477 e. The van der Waals surface area contributed by atoms with Gasteiger partial charge in [0, 0.05) is 6.54 Å². The molecule has 0 aromatic heterocycles. The second-order valence-corrected chi connectivity index (χ2v) is 5.81. The molecule has 1 heterocycles. The van der Waals surface area contributed by atoms with Crippen LogP contribution in [0.4, 0.5) is 9.18 Å². The van der Waals surface area contributed by atoms with E-state index in [9.17, 15) is 14.0 Å². The summed E-state index contributed by atoms with van der Waals surface area (Å²) >= 11 is 0. The molecule has 1 saturated heterocycles. The Hall–Kier alpha value is -1.37. The van der Waals surface area contributed by atoms with E-state index in [1.807, 2.05) is 0 Å². The van der Waals surface area contributed by atoms with E-state index < -0.39 is 24.0 Å². The molecule has 7 heteroatoms. The second kappa shape index (κ2) is 6.88. The fourth-order valence-electron chi connectivity index (χ4n) is 2.00. The van der Waals surface area contributed by atoms with Crippen molar-refractivity contribution in [3.63, 3.8) is 0 Å². The molecular formula is C13H22FNO5. The first-order valence-electron chi connectivity index (χ1n) is 6.69. The number of hydrogen-bond acceptors (Lipinski definition) is 4. The SMILES string of the molecule is CC(C)(C)OC(=O)N1CCCCC1COC(F)C(=O)O. The van der Waals surface area contributed by atoms with Crippen LogP contribution in [0.3, 0.4) is 0 Å². The van der Waals surface area contributed by atoms with Crippen LogP contribution in [0.15, 0.2) is 0 Å². The summed E-state index contributed by atoms with van der Waals surface area (Å²) < 4.78 is 22.8. The first kappa shape index (κ1) is 16.7. The molecule has 0 aromatic carbocycles. The lowest BCUT2D eigenvalue weighted by atomic mass is 10.0. The number of piperidine rings is 1. The molecule has 20 heavy (non-hydrogen) atoms. The molecule has 1 aliphatic rings. The van der Waals surface area contributed by atoms with Gasteiger partial charge in [-0.3, -0.25) is 0 Å². The summed E-state index contributed by atoms with van der Waals surface area (Å²) in [4.78, 5) is 23.9. The van der Waals surface area contributed by atoms with Crippen molar-refractivity contribution in [2.75, 3.05) is 13.2 Å². The van der Waals surface area contributed by atoms with Crippen LogP contribution in [-0.4, -0.2) is 53.2 Å². The highest BCUT2D eigenvalue weighted by molar-refractivity contribution is 5.70. The number of aliphatic carboxylic acids is 1. The van der Waals surface area contributed by atoms with E-state index in [1.165, 1.54) is 4.90 Å². The Bertz CT molecular complexity index is 355. The Balaban J connectivity index is 2.58. The average Bonchev–Trinajstić information content (AvgIpc) is 2.34. The van der Waals surface area contributed by atoms with Gasteiger partial charge in [0.2, 0.25) is 0 Å². The highest BCUT2D eigenvalue weighted by Crippen LogP contribution is 2.21. The van der Waals surface area contributed by atoms with E-state index in [2.05, 4.69) is 4.74 Å². The zero-order valence-electron chi connectivity index (χ0n) is 12.1. The van der Waals surface area contributed by atoms with Gasteiger partial charge in [0.15, 0.2) is 0 Å². The van der Waals surface area contributed by atoms with Crippen molar-refractivity contribution >= 4 is 12.1 Å². The van der Waals surface area contributed by atoms with Gasteiger partial charge in [-0.1, -0.05) is 0 Å². The monoisotopic (exact) mass is 291 g/mol.